The van der Waals surface area contributed by atoms with Gasteiger partial charge in [0.25, 0.3) is 0 Å². The molecule has 0 N–H and O–H groups in total. The van der Waals surface area contributed by atoms with Crippen molar-refractivity contribution >= 4 is 17.5 Å². The van der Waals surface area contributed by atoms with Crippen LogP contribution in [0.25, 0.3) is 0 Å². The molecule has 1 aromatic rings. The highest BCUT2D eigenvalue weighted by Crippen LogP contribution is 2.28. The largest absolute Gasteiger partial charge is 0.496 e. The summed E-state index contributed by atoms with van der Waals surface area (Å²) >= 11 is 1.55. The molecule has 0 radical (unpaired) electrons. The Hall–Kier alpha value is -0.960. The highest BCUT2D eigenvalue weighted by Gasteiger charge is 2.11. The number of ether oxygens (including phenoxy) is 1. The predicted molar refractivity (Wildman–Crippen MR) is 54.8 cm³/mol. The lowest BCUT2D eigenvalue weighted by Gasteiger charge is -2.08. The molecule has 0 saturated heterocycles. The van der Waals surface area contributed by atoms with Crippen LogP contribution < -0.4 is 4.74 Å². The molecule has 2 nitrogen and oxygen atoms in total. The van der Waals surface area contributed by atoms with Gasteiger partial charge < -0.3 is 4.74 Å². The van der Waals surface area contributed by atoms with E-state index >= 15 is 0 Å². The number of Topliss-reactive ketones (excluding diaryl/α,β-unsaturated/α-hetero) is 1. The van der Waals surface area contributed by atoms with Crippen molar-refractivity contribution in [2.75, 3.05) is 13.4 Å². The Morgan fingerprint density at radius 1 is 1.46 bits per heavy atom. The average molecular weight is 196 g/mol. The molecule has 3 heteroatoms. The van der Waals surface area contributed by atoms with Gasteiger partial charge in [0.2, 0.25) is 0 Å². The molecule has 1 aromatic carbocycles. The van der Waals surface area contributed by atoms with Crippen molar-refractivity contribution in [3.8, 4) is 5.75 Å². The van der Waals surface area contributed by atoms with Gasteiger partial charge in [-0.3, -0.25) is 4.79 Å². The normalized spacial score (nSPS) is 9.77. The van der Waals surface area contributed by atoms with Crippen LogP contribution in [0.15, 0.2) is 23.1 Å². The van der Waals surface area contributed by atoms with Crippen LogP contribution in [0.2, 0.25) is 0 Å². The molecule has 0 aromatic heterocycles. The van der Waals surface area contributed by atoms with Crippen LogP contribution in [0.5, 0.6) is 5.75 Å². The number of carbonyl (C=O) groups excluding carboxylic acids is 1. The zero-order chi connectivity index (χ0) is 9.84. The molecule has 0 fully saturated rings. The monoisotopic (exact) mass is 196 g/mol. The molecule has 1 rings (SSSR count). The second-order valence-corrected chi connectivity index (χ2v) is 3.44. The first-order chi connectivity index (χ1) is 6.20. The first kappa shape index (κ1) is 10.1. The number of benzene rings is 1. The van der Waals surface area contributed by atoms with Crippen molar-refractivity contribution in [3.05, 3.63) is 23.8 Å². The van der Waals surface area contributed by atoms with Crippen molar-refractivity contribution in [1.29, 1.82) is 0 Å². The summed E-state index contributed by atoms with van der Waals surface area (Å²) in [4.78, 5) is 12.3. The van der Waals surface area contributed by atoms with Crippen LogP contribution in [-0.2, 0) is 0 Å². The quantitative estimate of drug-likeness (QED) is 0.549. The van der Waals surface area contributed by atoms with Crippen molar-refractivity contribution in [2.24, 2.45) is 0 Å². The van der Waals surface area contributed by atoms with Crippen molar-refractivity contribution < 1.29 is 9.53 Å². The van der Waals surface area contributed by atoms with Gasteiger partial charge in [-0.15, -0.1) is 11.8 Å². The predicted octanol–water partition coefficient (Wildman–Crippen LogP) is 2.62. The summed E-state index contributed by atoms with van der Waals surface area (Å²) < 4.78 is 5.11. The van der Waals surface area contributed by atoms with Gasteiger partial charge in [0.1, 0.15) is 5.75 Å². The number of hydrogen-bond acceptors (Lipinski definition) is 3. The zero-order valence-corrected chi connectivity index (χ0v) is 8.77. The van der Waals surface area contributed by atoms with E-state index in [9.17, 15) is 4.79 Å². The Morgan fingerprint density at radius 2 is 2.15 bits per heavy atom. The molecule has 70 valence electrons. The van der Waals surface area contributed by atoms with E-state index < -0.39 is 0 Å². The van der Waals surface area contributed by atoms with Gasteiger partial charge in [-0.25, -0.2) is 0 Å². The molecular formula is C10H12O2S. The summed E-state index contributed by atoms with van der Waals surface area (Å²) in [5, 5.41) is 0. The Kier molecular flexibility index (Phi) is 3.37. The Bertz CT molecular complexity index is 298. The third kappa shape index (κ3) is 2.04. The van der Waals surface area contributed by atoms with Gasteiger partial charge in [-0.05, 0) is 25.3 Å². The minimum atomic E-state index is 0.0433. The standard InChI is InChI=1S/C10H12O2S/c1-7(11)10-8(12-2)5-4-6-9(10)13-3/h4-6H,1-3H3. The fourth-order valence-corrected chi connectivity index (χ4v) is 1.86. The highest BCUT2D eigenvalue weighted by atomic mass is 32.2. The van der Waals surface area contributed by atoms with Gasteiger partial charge in [0, 0.05) is 4.90 Å². The first-order valence-corrected chi connectivity index (χ1v) is 5.15. The van der Waals surface area contributed by atoms with E-state index in [4.69, 9.17) is 4.74 Å². The molecule has 0 aliphatic carbocycles. The van der Waals surface area contributed by atoms with Gasteiger partial charge in [-0.2, -0.15) is 0 Å². The molecule has 0 unspecified atom stereocenters. The molecule has 0 aliphatic rings. The van der Waals surface area contributed by atoms with Crippen molar-refractivity contribution in [2.45, 2.75) is 11.8 Å². The smallest absolute Gasteiger partial charge is 0.164 e. The Balaban J connectivity index is 3.29. The maximum atomic E-state index is 11.3. The second-order valence-electron chi connectivity index (χ2n) is 2.59. The van der Waals surface area contributed by atoms with Crippen LogP contribution in [0, 0.1) is 0 Å². The van der Waals surface area contributed by atoms with E-state index in [1.165, 1.54) is 0 Å². The van der Waals surface area contributed by atoms with E-state index in [0.29, 0.717) is 11.3 Å². The van der Waals surface area contributed by atoms with Crippen molar-refractivity contribution in [3.63, 3.8) is 0 Å². The van der Waals surface area contributed by atoms with Gasteiger partial charge in [0.05, 0.1) is 12.7 Å². The molecule has 0 atom stereocenters. The van der Waals surface area contributed by atoms with Gasteiger partial charge in [-0.1, -0.05) is 6.07 Å². The molecule has 0 amide bonds. The lowest BCUT2D eigenvalue weighted by atomic mass is 10.1. The second kappa shape index (κ2) is 4.33. The molecule has 0 bridgehead atoms. The Morgan fingerprint density at radius 3 is 2.62 bits per heavy atom. The van der Waals surface area contributed by atoms with Crippen LogP contribution in [0.1, 0.15) is 17.3 Å². The van der Waals surface area contributed by atoms with Crippen LogP contribution in [0.3, 0.4) is 0 Å². The van der Waals surface area contributed by atoms with Crippen LogP contribution >= 0.6 is 11.8 Å². The average Bonchev–Trinajstić information content (AvgIpc) is 2.16. The molecule has 13 heavy (non-hydrogen) atoms. The van der Waals surface area contributed by atoms with E-state index in [1.807, 2.05) is 18.4 Å². The van der Waals surface area contributed by atoms with E-state index in [2.05, 4.69) is 0 Å². The van der Waals surface area contributed by atoms with E-state index in [0.717, 1.165) is 4.90 Å². The third-order valence-corrected chi connectivity index (χ3v) is 2.56. The summed E-state index contributed by atoms with van der Waals surface area (Å²) in [6.07, 6.45) is 1.95. The lowest BCUT2D eigenvalue weighted by Crippen LogP contribution is -1.99. The topological polar surface area (TPSA) is 26.3 Å². The number of rotatable bonds is 3. The third-order valence-electron chi connectivity index (χ3n) is 1.78. The fourth-order valence-electron chi connectivity index (χ4n) is 1.20. The van der Waals surface area contributed by atoms with Crippen LogP contribution in [0.4, 0.5) is 0 Å². The van der Waals surface area contributed by atoms with Gasteiger partial charge >= 0.3 is 0 Å². The minimum absolute atomic E-state index is 0.0433. The van der Waals surface area contributed by atoms with E-state index in [-0.39, 0.29) is 5.78 Å². The summed E-state index contributed by atoms with van der Waals surface area (Å²) in [5.41, 5.74) is 0.678. The summed E-state index contributed by atoms with van der Waals surface area (Å²) in [5.74, 6) is 0.696. The fraction of sp³-hybridized carbons (Fsp3) is 0.300. The minimum Gasteiger partial charge on any atom is -0.496 e. The number of thioether (sulfide) groups is 1. The zero-order valence-electron chi connectivity index (χ0n) is 7.96. The van der Waals surface area contributed by atoms with Crippen LogP contribution in [-0.4, -0.2) is 19.1 Å². The molecule has 0 heterocycles. The lowest BCUT2D eigenvalue weighted by molar-refractivity contribution is 0.101. The molecule has 0 spiro atoms. The van der Waals surface area contributed by atoms with Gasteiger partial charge in [0.15, 0.2) is 5.78 Å². The first-order valence-electron chi connectivity index (χ1n) is 3.92. The maximum absolute atomic E-state index is 11.3. The summed E-state index contributed by atoms with van der Waals surface area (Å²) in [6, 6.07) is 5.61. The molecule has 0 saturated carbocycles. The SMILES string of the molecule is COc1cccc(SC)c1C(C)=O. The summed E-state index contributed by atoms with van der Waals surface area (Å²) in [7, 11) is 1.58. The number of carbonyl (C=O) groups is 1. The van der Waals surface area contributed by atoms with E-state index in [1.54, 1.807) is 31.9 Å². The van der Waals surface area contributed by atoms with Crippen molar-refractivity contribution in [1.82, 2.24) is 0 Å². The highest BCUT2D eigenvalue weighted by molar-refractivity contribution is 7.98. The number of methoxy groups -OCH3 is 1. The number of ketones is 1. The summed E-state index contributed by atoms with van der Waals surface area (Å²) in [6.45, 7) is 1.55. The maximum Gasteiger partial charge on any atom is 0.164 e. The number of hydrogen-bond donors (Lipinski definition) is 0. The molecular weight excluding hydrogens is 184 g/mol. The molecule has 0 aliphatic heterocycles. The Labute approximate surface area is 82.3 Å².